The number of hydrogen-bond donors (Lipinski definition) is 2. The Morgan fingerprint density at radius 1 is 1.38 bits per heavy atom. The second-order valence-electron chi connectivity index (χ2n) is 7.42. The number of benzene rings is 1. The number of carbonyl (C=O) groups excluding carboxylic acids is 1. The number of nitrogens with one attached hydrogen (secondary N) is 1. The first kappa shape index (κ1) is 18.9. The average molecular weight is 334 g/mol. The molecule has 5 heteroatoms. The lowest BCUT2D eigenvalue weighted by atomic mass is 9.98. The van der Waals surface area contributed by atoms with E-state index in [4.69, 9.17) is 4.74 Å². The zero-order chi connectivity index (χ0) is 17.6. The van der Waals surface area contributed by atoms with Crippen molar-refractivity contribution in [3.63, 3.8) is 0 Å². The number of aryl methyl sites for hydroxylation is 1. The van der Waals surface area contributed by atoms with Crippen LogP contribution >= 0.6 is 0 Å². The summed E-state index contributed by atoms with van der Waals surface area (Å²) in [6.45, 7) is 7.58. The Balaban J connectivity index is 1.81. The van der Waals surface area contributed by atoms with Crippen LogP contribution in [0.25, 0.3) is 0 Å². The molecule has 24 heavy (non-hydrogen) atoms. The molecule has 0 bridgehead atoms. The lowest BCUT2D eigenvalue weighted by Gasteiger charge is -2.19. The second kappa shape index (κ2) is 8.60. The van der Waals surface area contributed by atoms with Crippen molar-refractivity contribution in [1.29, 1.82) is 0 Å². The molecule has 0 saturated carbocycles. The third kappa shape index (κ3) is 6.59. The van der Waals surface area contributed by atoms with Gasteiger partial charge in [0.05, 0.1) is 18.8 Å². The summed E-state index contributed by atoms with van der Waals surface area (Å²) in [5.74, 6) is 0.281. The number of amides is 1. The van der Waals surface area contributed by atoms with Crippen molar-refractivity contribution in [2.45, 2.75) is 32.3 Å². The van der Waals surface area contributed by atoms with Crippen LogP contribution in [-0.2, 0) is 11.2 Å². The maximum Gasteiger partial charge on any atom is 0.251 e. The summed E-state index contributed by atoms with van der Waals surface area (Å²) in [6, 6.07) is 7.63. The first-order chi connectivity index (χ1) is 11.3. The van der Waals surface area contributed by atoms with Crippen LogP contribution < -0.4 is 5.32 Å². The summed E-state index contributed by atoms with van der Waals surface area (Å²) >= 11 is 0. The second-order valence-corrected chi connectivity index (χ2v) is 7.42. The number of nitrogens with zero attached hydrogens (tertiary/aromatic N) is 1. The van der Waals surface area contributed by atoms with E-state index in [0.717, 1.165) is 31.7 Å². The van der Waals surface area contributed by atoms with Gasteiger partial charge in [-0.25, -0.2) is 0 Å². The van der Waals surface area contributed by atoms with Crippen molar-refractivity contribution in [2.24, 2.45) is 5.92 Å². The SMILES string of the molecule is CN1CCOCC(CNC(=O)c2ccc(CCC(C)(C)O)cc2)C1. The molecule has 1 atom stereocenters. The van der Waals surface area contributed by atoms with E-state index in [1.807, 2.05) is 38.1 Å². The average Bonchev–Trinajstić information content (AvgIpc) is 2.74. The number of likely N-dealkylation sites (N-methyl/N-ethyl adjacent to an activating group) is 1. The summed E-state index contributed by atoms with van der Waals surface area (Å²) in [4.78, 5) is 14.5. The maximum absolute atomic E-state index is 12.3. The van der Waals surface area contributed by atoms with E-state index < -0.39 is 5.60 Å². The Labute approximate surface area is 145 Å². The predicted octanol–water partition coefficient (Wildman–Crippen LogP) is 1.70. The Bertz CT molecular complexity index is 522. The van der Waals surface area contributed by atoms with Crippen molar-refractivity contribution in [3.8, 4) is 0 Å². The first-order valence-electron chi connectivity index (χ1n) is 8.69. The molecule has 1 aliphatic rings. The largest absolute Gasteiger partial charge is 0.390 e. The van der Waals surface area contributed by atoms with E-state index in [1.165, 1.54) is 0 Å². The molecule has 0 aliphatic carbocycles. The molecule has 0 aromatic heterocycles. The standard InChI is InChI=1S/C19H30N2O3/c1-19(2,23)9-8-15-4-6-17(7-5-15)18(22)20-12-16-13-21(3)10-11-24-14-16/h4-7,16,23H,8-14H2,1-3H3,(H,20,22). The van der Waals surface area contributed by atoms with Crippen LogP contribution in [0.5, 0.6) is 0 Å². The van der Waals surface area contributed by atoms with Gasteiger partial charge in [0.25, 0.3) is 5.91 Å². The van der Waals surface area contributed by atoms with Crippen LogP contribution in [-0.4, -0.2) is 61.4 Å². The molecule has 5 nitrogen and oxygen atoms in total. The van der Waals surface area contributed by atoms with Gasteiger partial charge in [-0.2, -0.15) is 0 Å². The highest BCUT2D eigenvalue weighted by Crippen LogP contribution is 2.14. The van der Waals surface area contributed by atoms with Crippen molar-refractivity contribution in [1.82, 2.24) is 10.2 Å². The number of ether oxygens (including phenoxy) is 1. The van der Waals surface area contributed by atoms with Crippen molar-refractivity contribution < 1.29 is 14.6 Å². The Kier molecular flexibility index (Phi) is 6.78. The molecule has 1 fully saturated rings. The fraction of sp³-hybridized carbons (Fsp3) is 0.632. The quantitative estimate of drug-likeness (QED) is 0.831. The van der Waals surface area contributed by atoms with Crippen LogP contribution in [0, 0.1) is 5.92 Å². The summed E-state index contributed by atoms with van der Waals surface area (Å²) in [6.07, 6.45) is 1.50. The summed E-state index contributed by atoms with van der Waals surface area (Å²) in [5, 5.41) is 12.8. The maximum atomic E-state index is 12.3. The van der Waals surface area contributed by atoms with Crippen LogP contribution in [0.15, 0.2) is 24.3 Å². The summed E-state index contributed by atoms with van der Waals surface area (Å²) in [5.41, 5.74) is 1.14. The lowest BCUT2D eigenvalue weighted by molar-refractivity contribution is 0.0713. The highest BCUT2D eigenvalue weighted by molar-refractivity contribution is 5.94. The van der Waals surface area contributed by atoms with Crippen LogP contribution in [0.4, 0.5) is 0 Å². The van der Waals surface area contributed by atoms with Gasteiger partial charge in [0.2, 0.25) is 0 Å². The van der Waals surface area contributed by atoms with Gasteiger partial charge < -0.3 is 20.1 Å². The molecule has 1 aromatic rings. The molecule has 1 unspecified atom stereocenters. The van der Waals surface area contributed by atoms with Crippen LogP contribution in [0.3, 0.4) is 0 Å². The topological polar surface area (TPSA) is 61.8 Å². The number of aliphatic hydroxyl groups is 1. The molecule has 2 N–H and O–H groups in total. The minimum Gasteiger partial charge on any atom is -0.390 e. The number of rotatable bonds is 6. The van der Waals surface area contributed by atoms with Crippen LogP contribution in [0.2, 0.25) is 0 Å². The van der Waals surface area contributed by atoms with E-state index >= 15 is 0 Å². The fourth-order valence-corrected chi connectivity index (χ4v) is 2.79. The third-order valence-electron chi connectivity index (χ3n) is 4.33. The zero-order valence-electron chi connectivity index (χ0n) is 15.0. The molecule has 1 saturated heterocycles. The lowest BCUT2D eigenvalue weighted by Crippen LogP contribution is -2.35. The third-order valence-corrected chi connectivity index (χ3v) is 4.33. The van der Waals surface area contributed by atoms with Gasteiger partial charge in [-0.1, -0.05) is 12.1 Å². The number of carbonyl (C=O) groups is 1. The van der Waals surface area contributed by atoms with Gasteiger partial charge in [-0.15, -0.1) is 0 Å². The van der Waals surface area contributed by atoms with E-state index in [2.05, 4.69) is 17.3 Å². The van der Waals surface area contributed by atoms with Crippen molar-refractivity contribution in [3.05, 3.63) is 35.4 Å². The van der Waals surface area contributed by atoms with Gasteiger partial charge in [-0.3, -0.25) is 4.79 Å². The van der Waals surface area contributed by atoms with Gasteiger partial charge >= 0.3 is 0 Å². The summed E-state index contributed by atoms with van der Waals surface area (Å²) in [7, 11) is 2.08. The Morgan fingerprint density at radius 3 is 2.75 bits per heavy atom. The molecular weight excluding hydrogens is 304 g/mol. The first-order valence-corrected chi connectivity index (χ1v) is 8.69. The normalized spacial score (nSPS) is 19.8. The van der Waals surface area contributed by atoms with Crippen molar-refractivity contribution in [2.75, 3.05) is 39.9 Å². The molecular formula is C19H30N2O3. The van der Waals surface area contributed by atoms with E-state index in [-0.39, 0.29) is 5.91 Å². The number of hydrogen-bond acceptors (Lipinski definition) is 4. The van der Waals surface area contributed by atoms with E-state index in [1.54, 1.807) is 0 Å². The van der Waals surface area contributed by atoms with Crippen LogP contribution in [0.1, 0.15) is 36.2 Å². The summed E-state index contributed by atoms with van der Waals surface area (Å²) < 4.78 is 5.57. The highest BCUT2D eigenvalue weighted by Gasteiger charge is 2.17. The molecule has 1 aromatic carbocycles. The molecule has 0 radical (unpaired) electrons. The minimum absolute atomic E-state index is 0.0454. The zero-order valence-corrected chi connectivity index (χ0v) is 15.0. The van der Waals surface area contributed by atoms with Gasteiger partial charge in [0.15, 0.2) is 0 Å². The monoisotopic (exact) mass is 334 g/mol. The fourth-order valence-electron chi connectivity index (χ4n) is 2.79. The van der Waals surface area contributed by atoms with Gasteiger partial charge in [0.1, 0.15) is 0 Å². The van der Waals surface area contributed by atoms with E-state index in [9.17, 15) is 9.90 Å². The molecule has 1 aliphatic heterocycles. The van der Waals surface area contributed by atoms with Gasteiger partial charge in [0, 0.05) is 31.1 Å². The smallest absolute Gasteiger partial charge is 0.251 e. The highest BCUT2D eigenvalue weighted by atomic mass is 16.5. The predicted molar refractivity (Wildman–Crippen MR) is 95.2 cm³/mol. The van der Waals surface area contributed by atoms with E-state index in [0.29, 0.717) is 31.1 Å². The Hall–Kier alpha value is -1.43. The van der Waals surface area contributed by atoms with Gasteiger partial charge in [-0.05, 0) is 51.4 Å². The minimum atomic E-state index is -0.663. The van der Waals surface area contributed by atoms with Crippen molar-refractivity contribution >= 4 is 5.91 Å². The molecule has 1 heterocycles. The molecule has 0 spiro atoms. The molecule has 1 amide bonds. The molecule has 134 valence electrons. The Morgan fingerprint density at radius 2 is 2.08 bits per heavy atom. The molecule has 2 rings (SSSR count).